The topological polar surface area (TPSA) is 33.3 Å². The maximum absolute atomic E-state index is 6.12. The van der Waals surface area contributed by atoms with E-state index in [1.54, 1.807) is 0 Å². The predicted octanol–water partition coefficient (Wildman–Crippen LogP) is 4.33. The number of halogens is 1. The number of benzene rings is 2. The molecule has 0 amide bonds. The lowest BCUT2D eigenvalue weighted by molar-refractivity contribution is 0.242. The highest BCUT2D eigenvalue weighted by Crippen LogP contribution is 2.17. The molecule has 0 aliphatic heterocycles. The maximum Gasteiger partial charge on any atom is 0.119 e. The lowest BCUT2D eigenvalue weighted by Gasteiger charge is -2.11. The molecular weight excluding hydrogens is 296 g/mol. The van der Waals surface area contributed by atoms with Gasteiger partial charge in [-0.25, -0.2) is 0 Å². The third-order valence-electron chi connectivity index (χ3n) is 3.13. The van der Waals surface area contributed by atoms with Crippen LogP contribution in [0.5, 0.6) is 5.75 Å². The minimum Gasteiger partial charge on any atom is -0.491 e. The Hall–Kier alpha value is -1.71. The molecule has 2 aromatic carbocycles. The largest absolute Gasteiger partial charge is 0.491 e. The van der Waals surface area contributed by atoms with Crippen LogP contribution in [-0.4, -0.2) is 19.2 Å². The van der Waals surface area contributed by atoms with Crippen molar-refractivity contribution in [1.82, 2.24) is 5.32 Å². The van der Waals surface area contributed by atoms with Crippen LogP contribution in [0.25, 0.3) is 0 Å². The summed E-state index contributed by atoms with van der Waals surface area (Å²) in [4.78, 5) is 0. The van der Waals surface area contributed by atoms with E-state index in [0.29, 0.717) is 0 Å². The Bertz CT molecular complexity index is 570. The number of hydrogen-bond donors (Lipinski definition) is 2. The van der Waals surface area contributed by atoms with Crippen molar-refractivity contribution in [1.29, 1.82) is 0 Å². The van der Waals surface area contributed by atoms with E-state index in [2.05, 4.69) is 10.6 Å². The second kappa shape index (κ2) is 8.66. The molecule has 118 valence electrons. The molecule has 0 unspecified atom stereocenters. The summed E-state index contributed by atoms with van der Waals surface area (Å²) < 4.78 is 5.62. The van der Waals surface area contributed by atoms with Crippen molar-refractivity contribution in [3.8, 4) is 5.75 Å². The highest BCUT2D eigenvalue weighted by atomic mass is 35.5. The molecule has 2 aromatic rings. The SMILES string of the molecule is CC(C)Oc1ccc(NCCNCc2ccccc2Cl)cc1. The molecule has 0 bridgehead atoms. The number of nitrogens with one attached hydrogen (secondary N) is 2. The molecule has 0 aliphatic rings. The van der Waals surface area contributed by atoms with Crippen LogP contribution in [0, 0.1) is 0 Å². The molecule has 3 nitrogen and oxygen atoms in total. The zero-order valence-corrected chi connectivity index (χ0v) is 13.9. The summed E-state index contributed by atoms with van der Waals surface area (Å²) in [6.07, 6.45) is 0.202. The van der Waals surface area contributed by atoms with Crippen LogP contribution in [-0.2, 0) is 6.54 Å². The second-order valence-corrected chi connectivity index (χ2v) is 5.79. The Morgan fingerprint density at radius 2 is 1.73 bits per heavy atom. The Morgan fingerprint density at radius 3 is 2.41 bits per heavy atom. The van der Waals surface area contributed by atoms with E-state index in [9.17, 15) is 0 Å². The van der Waals surface area contributed by atoms with Gasteiger partial charge in [-0.1, -0.05) is 29.8 Å². The van der Waals surface area contributed by atoms with Crippen molar-refractivity contribution in [2.45, 2.75) is 26.5 Å². The molecule has 22 heavy (non-hydrogen) atoms. The molecule has 0 fully saturated rings. The molecule has 0 saturated carbocycles. The fourth-order valence-corrected chi connectivity index (χ4v) is 2.29. The Morgan fingerprint density at radius 1 is 1.00 bits per heavy atom. The van der Waals surface area contributed by atoms with Crippen LogP contribution in [0.3, 0.4) is 0 Å². The summed E-state index contributed by atoms with van der Waals surface area (Å²) >= 11 is 6.12. The van der Waals surface area contributed by atoms with E-state index in [1.165, 1.54) is 0 Å². The summed E-state index contributed by atoms with van der Waals surface area (Å²) in [6.45, 7) is 6.56. The van der Waals surface area contributed by atoms with Gasteiger partial charge in [0.25, 0.3) is 0 Å². The monoisotopic (exact) mass is 318 g/mol. The van der Waals surface area contributed by atoms with E-state index < -0.39 is 0 Å². The first kappa shape index (κ1) is 16.7. The molecule has 0 radical (unpaired) electrons. The van der Waals surface area contributed by atoms with Gasteiger partial charge in [-0.05, 0) is 49.7 Å². The van der Waals surface area contributed by atoms with Crippen molar-refractivity contribution in [2.75, 3.05) is 18.4 Å². The minimum atomic E-state index is 0.202. The van der Waals surface area contributed by atoms with Gasteiger partial charge >= 0.3 is 0 Å². The fourth-order valence-electron chi connectivity index (χ4n) is 2.08. The molecule has 0 spiro atoms. The molecule has 0 aromatic heterocycles. The van der Waals surface area contributed by atoms with Gasteiger partial charge in [0.1, 0.15) is 5.75 Å². The first-order valence-electron chi connectivity index (χ1n) is 7.60. The minimum absolute atomic E-state index is 0.202. The van der Waals surface area contributed by atoms with E-state index in [1.807, 2.05) is 62.4 Å². The quantitative estimate of drug-likeness (QED) is 0.711. The number of anilines is 1. The van der Waals surface area contributed by atoms with Crippen molar-refractivity contribution >= 4 is 17.3 Å². The standard InChI is InChI=1S/C18H23ClN2O/c1-14(2)22-17-9-7-16(8-10-17)21-12-11-20-13-15-5-3-4-6-18(15)19/h3-10,14,20-21H,11-13H2,1-2H3. The molecular formula is C18H23ClN2O. The van der Waals surface area contributed by atoms with Gasteiger partial charge < -0.3 is 15.4 Å². The van der Waals surface area contributed by atoms with E-state index in [4.69, 9.17) is 16.3 Å². The number of ether oxygens (including phenoxy) is 1. The first-order chi connectivity index (χ1) is 10.6. The lowest BCUT2D eigenvalue weighted by Crippen LogP contribution is -2.21. The average molecular weight is 319 g/mol. The van der Waals surface area contributed by atoms with Crippen molar-refractivity contribution in [2.24, 2.45) is 0 Å². The fraction of sp³-hybridized carbons (Fsp3) is 0.333. The van der Waals surface area contributed by atoms with Crippen LogP contribution in [0.1, 0.15) is 19.4 Å². The molecule has 0 heterocycles. The van der Waals surface area contributed by atoms with E-state index in [0.717, 1.165) is 41.7 Å². The van der Waals surface area contributed by atoms with Crippen LogP contribution < -0.4 is 15.4 Å². The van der Waals surface area contributed by atoms with Gasteiger partial charge in [0.15, 0.2) is 0 Å². The normalized spacial score (nSPS) is 10.7. The van der Waals surface area contributed by atoms with Gasteiger partial charge in [0.05, 0.1) is 6.10 Å². The third kappa shape index (κ3) is 5.58. The number of rotatable bonds is 8. The van der Waals surface area contributed by atoms with E-state index in [-0.39, 0.29) is 6.10 Å². The van der Waals surface area contributed by atoms with Gasteiger partial charge in [0, 0.05) is 30.3 Å². The summed E-state index contributed by atoms with van der Waals surface area (Å²) in [5.41, 5.74) is 2.22. The Kier molecular flexibility index (Phi) is 6.56. The van der Waals surface area contributed by atoms with E-state index >= 15 is 0 Å². The van der Waals surface area contributed by atoms with Gasteiger partial charge in [0.2, 0.25) is 0 Å². The first-order valence-corrected chi connectivity index (χ1v) is 7.97. The van der Waals surface area contributed by atoms with Crippen molar-refractivity contribution in [3.63, 3.8) is 0 Å². The highest BCUT2D eigenvalue weighted by Gasteiger charge is 1.99. The van der Waals surface area contributed by atoms with Gasteiger partial charge in [-0.15, -0.1) is 0 Å². The lowest BCUT2D eigenvalue weighted by atomic mass is 10.2. The highest BCUT2D eigenvalue weighted by molar-refractivity contribution is 6.31. The smallest absolute Gasteiger partial charge is 0.119 e. The molecule has 0 saturated heterocycles. The molecule has 0 atom stereocenters. The summed E-state index contributed by atoms with van der Waals surface area (Å²) in [5.74, 6) is 0.900. The maximum atomic E-state index is 6.12. The van der Waals surface area contributed by atoms with Gasteiger partial charge in [-0.2, -0.15) is 0 Å². The zero-order chi connectivity index (χ0) is 15.8. The summed E-state index contributed by atoms with van der Waals surface area (Å²) in [5, 5.41) is 7.56. The Labute approximate surface area is 137 Å². The number of hydrogen-bond acceptors (Lipinski definition) is 3. The summed E-state index contributed by atoms with van der Waals surface area (Å²) in [6, 6.07) is 15.9. The van der Waals surface area contributed by atoms with Crippen LogP contribution in [0.4, 0.5) is 5.69 Å². The molecule has 0 aliphatic carbocycles. The average Bonchev–Trinajstić information content (AvgIpc) is 2.50. The van der Waals surface area contributed by atoms with Crippen LogP contribution in [0.2, 0.25) is 5.02 Å². The van der Waals surface area contributed by atoms with Crippen molar-refractivity contribution in [3.05, 3.63) is 59.1 Å². The second-order valence-electron chi connectivity index (χ2n) is 5.39. The predicted molar refractivity (Wildman–Crippen MR) is 93.9 cm³/mol. The van der Waals surface area contributed by atoms with Crippen LogP contribution in [0.15, 0.2) is 48.5 Å². The van der Waals surface area contributed by atoms with Crippen LogP contribution >= 0.6 is 11.6 Å². The molecule has 4 heteroatoms. The van der Waals surface area contributed by atoms with Crippen molar-refractivity contribution < 1.29 is 4.74 Å². The third-order valence-corrected chi connectivity index (χ3v) is 3.50. The summed E-state index contributed by atoms with van der Waals surface area (Å²) in [7, 11) is 0. The molecule has 2 N–H and O–H groups in total. The van der Waals surface area contributed by atoms with Gasteiger partial charge in [-0.3, -0.25) is 0 Å². The molecule has 2 rings (SSSR count). The zero-order valence-electron chi connectivity index (χ0n) is 13.1. The Balaban J connectivity index is 1.67.